The third-order valence-corrected chi connectivity index (χ3v) is 3.78. The highest BCUT2D eigenvalue weighted by atomic mass is 32.1. The van der Waals surface area contributed by atoms with Crippen molar-refractivity contribution in [1.29, 1.82) is 0 Å². The van der Waals surface area contributed by atoms with E-state index in [0.717, 1.165) is 11.3 Å². The average Bonchev–Trinajstić information content (AvgIpc) is 2.62. The topological polar surface area (TPSA) is 70.7 Å². The molecule has 0 saturated carbocycles. The molecule has 0 aliphatic carbocycles. The minimum absolute atomic E-state index is 0.0769. The first kappa shape index (κ1) is 19.4. The van der Waals surface area contributed by atoms with E-state index in [2.05, 4.69) is 10.6 Å². The zero-order chi connectivity index (χ0) is 19.1. The highest BCUT2D eigenvalue weighted by Gasteiger charge is 2.09. The molecule has 0 unspecified atom stereocenters. The van der Waals surface area contributed by atoms with Crippen LogP contribution in [0.5, 0.6) is 5.75 Å². The van der Waals surface area contributed by atoms with Crippen LogP contribution in [-0.4, -0.2) is 43.0 Å². The van der Waals surface area contributed by atoms with Gasteiger partial charge < -0.3 is 20.3 Å². The SMILES string of the molecule is COc1ccc(CC(=O)NC(=S)Nc2ccc(C(=O)N(C)C)cc2)cc1. The Bertz CT molecular complexity index is 787. The molecule has 2 aromatic rings. The molecule has 0 fully saturated rings. The highest BCUT2D eigenvalue weighted by molar-refractivity contribution is 7.80. The second kappa shape index (κ2) is 8.96. The fourth-order valence-corrected chi connectivity index (χ4v) is 2.45. The van der Waals surface area contributed by atoms with Crippen molar-refractivity contribution in [2.45, 2.75) is 6.42 Å². The van der Waals surface area contributed by atoms with Crippen LogP contribution in [-0.2, 0) is 11.2 Å². The number of rotatable bonds is 5. The monoisotopic (exact) mass is 371 g/mol. The Morgan fingerprint density at radius 3 is 2.19 bits per heavy atom. The maximum Gasteiger partial charge on any atom is 0.253 e. The molecule has 7 heteroatoms. The number of nitrogens with one attached hydrogen (secondary N) is 2. The van der Waals surface area contributed by atoms with Gasteiger partial charge >= 0.3 is 0 Å². The van der Waals surface area contributed by atoms with Crippen molar-refractivity contribution in [2.24, 2.45) is 0 Å². The summed E-state index contributed by atoms with van der Waals surface area (Å²) in [5, 5.41) is 5.77. The summed E-state index contributed by atoms with van der Waals surface area (Å²) >= 11 is 5.16. The zero-order valence-electron chi connectivity index (χ0n) is 14.9. The lowest BCUT2D eigenvalue weighted by molar-refractivity contribution is -0.119. The van der Waals surface area contributed by atoms with Crippen LogP contribution in [0.4, 0.5) is 5.69 Å². The smallest absolute Gasteiger partial charge is 0.253 e. The van der Waals surface area contributed by atoms with Gasteiger partial charge in [0.25, 0.3) is 5.91 Å². The third kappa shape index (κ3) is 5.56. The quantitative estimate of drug-likeness (QED) is 0.790. The lowest BCUT2D eigenvalue weighted by Crippen LogP contribution is -2.35. The number of benzene rings is 2. The third-order valence-electron chi connectivity index (χ3n) is 3.57. The number of methoxy groups -OCH3 is 1. The van der Waals surface area contributed by atoms with Gasteiger partial charge in [-0.1, -0.05) is 12.1 Å². The molecule has 6 nitrogen and oxygen atoms in total. The fraction of sp³-hybridized carbons (Fsp3) is 0.211. The van der Waals surface area contributed by atoms with Crippen LogP contribution < -0.4 is 15.4 Å². The molecule has 0 atom stereocenters. The molecule has 0 aliphatic rings. The van der Waals surface area contributed by atoms with Crippen LogP contribution in [0.25, 0.3) is 0 Å². The van der Waals surface area contributed by atoms with E-state index in [4.69, 9.17) is 17.0 Å². The lowest BCUT2D eigenvalue weighted by atomic mass is 10.1. The van der Waals surface area contributed by atoms with E-state index >= 15 is 0 Å². The molecule has 0 saturated heterocycles. The number of hydrogen-bond donors (Lipinski definition) is 2. The number of amides is 2. The summed E-state index contributed by atoms with van der Waals surface area (Å²) in [7, 11) is 4.98. The van der Waals surface area contributed by atoms with Gasteiger partial charge in [-0.05, 0) is 54.2 Å². The molecule has 0 radical (unpaired) electrons. The van der Waals surface area contributed by atoms with Crippen molar-refractivity contribution >= 4 is 34.8 Å². The Hall–Kier alpha value is -2.93. The van der Waals surface area contributed by atoms with Crippen LogP contribution in [0, 0.1) is 0 Å². The fourth-order valence-electron chi connectivity index (χ4n) is 2.22. The number of carbonyl (C=O) groups excluding carboxylic acids is 2. The Morgan fingerprint density at radius 2 is 1.65 bits per heavy atom. The van der Waals surface area contributed by atoms with E-state index in [1.165, 1.54) is 4.90 Å². The summed E-state index contributed by atoms with van der Waals surface area (Å²) in [6.07, 6.45) is 0.210. The number of ether oxygens (including phenoxy) is 1. The van der Waals surface area contributed by atoms with Crippen LogP contribution >= 0.6 is 12.2 Å². The van der Waals surface area contributed by atoms with Gasteiger partial charge in [0.2, 0.25) is 5.91 Å². The number of nitrogens with zero attached hydrogens (tertiary/aromatic N) is 1. The second-order valence-electron chi connectivity index (χ2n) is 5.80. The zero-order valence-corrected chi connectivity index (χ0v) is 15.7. The summed E-state index contributed by atoms with van der Waals surface area (Å²) in [6.45, 7) is 0. The van der Waals surface area contributed by atoms with Gasteiger partial charge in [-0.15, -0.1) is 0 Å². The maximum atomic E-state index is 12.1. The molecule has 0 aromatic heterocycles. The average molecular weight is 371 g/mol. The molecule has 2 rings (SSSR count). The molecule has 26 heavy (non-hydrogen) atoms. The van der Waals surface area contributed by atoms with Gasteiger partial charge in [0, 0.05) is 25.3 Å². The number of carbonyl (C=O) groups is 2. The highest BCUT2D eigenvalue weighted by Crippen LogP contribution is 2.12. The molecule has 0 aliphatic heterocycles. The summed E-state index contributed by atoms with van der Waals surface area (Å²) in [4.78, 5) is 25.4. The summed E-state index contributed by atoms with van der Waals surface area (Å²) in [5.74, 6) is 0.446. The molecule has 0 heterocycles. The van der Waals surface area contributed by atoms with Crippen LogP contribution in [0.3, 0.4) is 0 Å². The van der Waals surface area contributed by atoms with Crippen LogP contribution in [0.2, 0.25) is 0 Å². The summed E-state index contributed by atoms with van der Waals surface area (Å²) in [6, 6.07) is 14.1. The molecule has 0 spiro atoms. The minimum atomic E-state index is -0.216. The molecule has 0 bridgehead atoms. The van der Waals surface area contributed by atoms with E-state index in [-0.39, 0.29) is 23.3 Å². The lowest BCUT2D eigenvalue weighted by Gasteiger charge is -2.12. The van der Waals surface area contributed by atoms with Gasteiger partial charge in [0.1, 0.15) is 5.75 Å². The number of thiocarbonyl (C=S) groups is 1. The molecule has 2 N–H and O–H groups in total. The molecule has 136 valence electrons. The first-order valence-electron chi connectivity index (χ1n) is 7.94. The van der Waals surface area contributed by atoms with Crippen molar-refractivity contribution in [3.05, 3.63) is 59.7 Å². The van der Waals surface area contributed by atoms with Crippen molar-refractivity contribution < 1.29 is 14.3 Å². The van der Waals surface area contributed by atoms with Gasteiger partial charge in [0.05, 0.1) is 13.5 Å². The first-order valence-corrected chi connectivity index (χ1v) is 8.35. The van der Waals surface area contributed by atoms with Gasteiger partial charge in [-0.25, -0.2) is 0 Å². The Morgan fingerprint density at radius 1 is 1.04 bits per heavy atom. The van der Waals surface area contributed by atoms with Crippen molar-refractivity contribution in [3.8, 4) is 5.75 Å². The van der Waals surface area contributed by atoms with Crippen LogP contribution in [0.15, 0.2) is 48.5 Å². The van der Waals surface area contributed by atoms with E-state index in [0.29, 0.717) is 11.3 Å². The first-order chi connectivity index (χ1) is 12.4. The summed E-state index contributed by atoms with van der Waals surface area (Å²) < 4.78 is 5.09. The largest absolute Gasteiger partial charge is 0.497 e. The van der Waals surface area contributed by atoms with E-state index < -0.39 is 0 Å². The summed E-state index contributed by atoms with van der Waals surface area (Å²) in [5.41, 5.74) is 2.13. The molecular formula is C19H21N3O3S. The standard InChI is InChI=1S/C19H21N3O3S/c1-22(2)18(24)14-6-8-15(9-7-14)20-19(26)21-17(23)12-13-4-10-16(25-3)11-5-13/h4-11H,12H2,1-3H3,(H2,20,21,23,26). The second-order valence-corrected chi connectivity index (χ2v) is 6.21. The van der Waals surface area contributed by atoms with E-state index in [9.17, 15) is 9.59 Å². The van der Waals surface area contributed by atoms with E-state index in [1.54, 1.807) is 57.6 Å². The van der Waals surface area contributed by atoms with Gasteiger partial charge in [-0.3, -0.25) is 9.59 Å². The van der Waals surface area contributed by atoms with Crippen molar-refractivity contribution in [3.63, 3.8) is 0 Å². The van der Waals surface area contributed by atoms with Gasteiger partial charge in [0.15, 0.2) is 5.11 Å². The van der Waals surface area contributed by atoms with Crippen LogP contribution in [0.1, 0.15) is 15.9 Å². The Kier molecular flexibility index (Phi) is 6.68. The van der Waals surface area contributed by atoms with E-state index in [1.807, 2.05) is 12.1 Å². The molecule has 2 aromatic carbocycles. The predicted octanol–water partition coefficient (Wildman–Crippen LogP) is 2.45. The molecular weight excluding hydrogens is 350 g/mol. The number of anilines is 1. The Labute approximate surface area is 158 Å². The van der Waals surface area contributed by atoms with Crippen molar-refractivity contribution in [1.82, 2.24) is 10.2 Å². The van der Waals surface area contributed by atoms with Crippen molar-refractivity contribution in [2.75, 3.05) is 26.5 Å². The predicted molar refractivity (Wildman–Crippen MR) is 106 cm³/mol. The molecule has 2 amide bonds. The Balaban J connectivity index is 1.87. The van der Waals surface area contributed by atoms with Gasteiger partial charge in [-0.2, -0.15) is 0 Å². The normalized spacial score (nSPS) is 9.96. The minimum Gasteiger partial charge on any atom is -0.497 e. The maximum absolute atomic E-state index is 12.1. The number of hydrogen-bond acceptors (Lipinski definition) is 4.